The number of para-hydroxylation sites is 2. The number of hydrogen-bond donors (Lipinski definition) is 0. The fraction of sp³-hybridized carbons (Fsp3) is 0.429. The summed E-state index contributed by atoms with van der Waals surface area (Å²) in [6.45, 7) is 4.33. The Morgan fingerprint density at radius 1 is 1.23 bits per heavy atom. The first-order chi connectivity index (χ1) is 14.6. The van der Waals surface area contributed by atoms with Crippen LogP contribution in [0.5, 0.6) is 5.75 Å². The molecule has 0 aliphatic carbocycles. The normalized spacial score (nSPS) is 18.9. The summed E-state index contributed by atoms with van der Waals surface area (Å²) in [4.78, 5) is 34.3. The van der Waals surface area contributed by atoms with Crippen molar-refractivity contribution < 1.29 is 9.53 Å². The second-order valence-corrected chi connectivity index (χ2v) is 8.81. The maximum absolute atomic E-state index is 13.1. The number of nitrogens with zero attached hydrogens (tertiary/aromatic N) is 5. The molecular formula is C21H23N5O3S. The summed E-state index contributed by atoms with van der Waals surface area (Å²) in [5.41, 5.74) is 1.43. The van der Waals surface area contributed by atoms with Gasteiger partial charge in [0.2, 0.25) is 4.96 Å². The van der Waals surface area contributed by atoms with Crippen LogP contribution in [-0.2, 0) is 11.3 Å². The summed E-state index contributed by atoms with van der Waals surface area (Å²) in [5.74, 6) is 0.748. The third kappa shape index (κ3) is 3.54. The van der Waals surface area contributed by atoms with Crippen molar-refractivity contribution in [1.82, 2.24) is 19.5 Å². The second kappa shape index (κ2) is 7.71. The quantitative estimate of drug-likeness (QED) is 0.640. The number of carbonyl (C=O) groups excluding carboxylic acids is 1. The van der Waals surface area contributed by atoms with Gasteiger partial charge in [-0.25, -0.2) is 4.98 Å². The van der Waals surface area contributed by atoms with Gasteiger partial charge in [-0.05, 0) is 38.3 Å². The monoisotopic (exact) mass is 425 g/mol. The summed E-state index contributed by atoms with van der Waals surface area (Å²) < 4.78 is 7.43. The van der Waals surface area contributed by atoms with Gasteiger partial charge in [-0.1, -0.05) is 23.5 Å². The van der Waals surface area contributed by atoms with Gasteiger partial charge < -0.3 is 14.5 Å². The van der Waals surface area contributed by atoms with Crippen molar-refractivity contribution in [1.29, 1.82) is 0 Å². The molecule has 2 aromatic heterocycles. The molecule has 0 saturated carbocycles. The van der Waals surface area contributed by atoms with E-state index < -0.39 is 6.10 Å². The van der Waals surface area contributed by atoms with E-state index in [4.69, 9.17) is 4.74 Å². The molecule has 1 fully saturated rings. The number of fused-ring (bicyclic) bond motifs is 2. The fourth-order valence-corrected chi connectivity index (χ4v) is 5.05. The number of likely N-dealkylation sites (tertiary alicyclic amines) is 1. The van der Waals surface area contributed by atoms with Crippen molar-refractivity contribution in [2.24, 2.45) is 0 Å². The number of aromatic nitrogens is 3. The first-order valence-corrected chi connectivity index (χ1v) is 11.1. The van der Waals surface area contributed by atoms with E-state index in [1.165, 1.54) is 28.3 Å². The van der Waals surface area contributed by atoms with Gasteiger partial charge in [-0.15, -0.1) is 0 Å². The second-order valence-electron chi connectivity index (χ2n) is 7.77. The molecule has 0 spiro atoms. The minimum Gasteiger partial charge on any atom is -0.477 e. The van der Waals surface area contributed by atoms with Crippen LogP contribution < -0.4 is 15.2 Å². The van der Waals surface area contributed by atoms with Crippen molar-refractivity contribution in [3.63, 3.8) is 0 Å². The van der Waals surface area contributed by atoms with Crippen molar-refractivity contribution in [3.05, 3.63) is 51.4 Å². The Morgan fingerprint density at radius 3 is 2.87 bits per heavy atom. The first kappa shape index (κ1) is 19.0. The van der Waals surface area contributed by atoms with Crippen LogP contribution in [0.4, 0.5) is 5.69 Å². The topological polar surface area (TPSA) is 80.0 Å². The van der Waals surface area contributed by atoms with Crippen molar-refractivity contribution in [2.75, 3.05) is 24.5 Å². The number of hydrogen-bond acceptors (Lipinski definition) is 7. The molecule has 3 aromatic rings. The zero-order valence-corrected chi connectivity index (χ0v) is 17.6. The highest BCUT2D eigenvalue weighted by atomic mass is 32.1. The molecule has 2 aliphatic heterocycles. The highest BCUT2D eigenvalue weighted by Crippen LogP contribution is 2.35. The van der Waals surface area contributed by atoms with E-state index in [2.05, 4.69) is 15.0 Å². The van der Waals surface area contributed by atoms with E-state index in [1.807, 2.05) is 29.2 Å². The predicted molar refractivity (Wildman–Crippen MR) is 114 cm³/mol. The van der Waals surface area contributed by atoms with Gasteiger partial charge in [-0.2, -0.15) is 9.61 Å². The molecule has 30 heavy (non-hydrogen) atoms. The Bertz CT molecular complexity index is 1150. The van der Waals surface area contributed by atoms with Gasteiger partial charge in [-0.3, -0.25) is 9.59 Å². The van der Waals surface area contributed by atoms with E-state index in [0.29, 0.717) is 29.5 Å². The molecule has 1 saturated heterocycles. The minimum atomic E-state index is -0.546. The number of anilines is 1. The number of ether oxygens (including phenoxy) is 1. The Labute approximate surface area is 177 Å². The number of piperidine rings is 1. The van der Waals surface area contributed by atoms with Crippen LogP contribution in [0.25, 0.3) is 4.96 Å². The summed E-state index contributed by atoms with van der Waals surface area (Å²) in [7, 11) is 0. The zero-order valence-electron chi connectivity index (χ0n) is 16.8. The average molecular weight is 426 g/mol. The van der Waals surface area contributed by atoms with Crippen molar-refractivity contribution in [3.8, 4) is 5.75 Å². The Balaban J connectivity index is 1.44. The summed E-state index contributed by atoms with van der Waals surface area (Å²) in [6, 6.07) is 9.23. The standard InChI is InChI=1S/C21H23N5O3S/c1-14-11-19(27)26-21(22-14)30-18(23-26)13-25-12-17(20(28)24-9-5-2-6-10-24)29-16-8-4-3-7-15(16)25/h3-4,7-8,11,17H,2,5-6,9-10,12-13H2,1H3. The van der Waals surface area contributed by atoms with E-state index in [0.717, 1.165) is 36.6 Å². The fourth-order valence-electron chi connectivity index (χ4n) is 4.09. The van der Waals surface area contributed by atoms with E-state index in [9.17, 15) is 9.59 Å². The lowest BCUT2D eigenvalue weighted by Crippen LogP contribution is -2.51. The highest BCUT2D eigenvalue weighted by Gasteiger charge is 2.34. The molecule has 156 valence electrons. The van der Waals surface area contributed by atoms with E-state index in [-0.39, 0.29) is 11.5 Å². The predicted octanol–water partition coefficient (Wildman–Crippen LogP) is 2.24. The molecule has 1 atom stereocenters. The van der Waals surface area contributed by atoms with Crippen LogP contribution in [0, 0.1) is 6.92 Å². The van der Waals surface area contributed by atoms with Gasteiger partial charge in [0.25, 0.3) is 11.5 Å². The smallest absolute Gasteiger partial charge is 0.275 e. The number of benzene rings is 1. The number of amides is 1. The van der Waals surface area contributed by atoms with Crippen LogP contribution in [0.2, 0.25) is 0 Å². The maximum Gasteiger partial charge on any atom is 0.275 e. The molecule has 2 aliphatic rings. The Hall–Kier alpha value is -2.94. The van der Waals surface area contributed by atoms with Crippen LogP contribution in [0.1, 0.15) is 30.0 Å². The Morgan fingerprint density at radius 2 is 2.03 bits per heavy atom. The number of carbonyl (C=O) groups is 1. The molecule has 8 nitrogen and oxygen atoms in total. The summed E-state index contributed by atoms with van der Waals surface area (Å²) >= 11 is 1.39. The molecular weight excluding hydrogens is 402 g/mol. The number of rotatable bonds is 3. The minimum absolute atomic E-state index is 0.0482. The lowest BCUT2D eigenvalue weighted by Gasteiger charge is -2.38. The first-order valence-electron chi connectivity index (χ1n) is 10.2. The zero-order chi connectivity index (χ0) is 20.7. The van der Waals surface area contributed by atoms with E-state index >= 15 is 0 Å². The van der Waals surface area contributed by atoms with Crippen LogP contribution in [0.3, 0.4) is 0 Å². The van der Waals surface area contributed by atoms with Crippen molar-refractivity contribution >= 4 is 27.9 Å². The molecule has 4 heterocycles. The Kier molecular flexibility index (Phi) is 4.90. The third-order valence-corrected chi connectivity index (χ3v) is 6.44. The SMILES string of the molecule is Cc1cc(=O)n2nc(CN3CC(C(=O)N4CCCCC4)Oc4ccccc43)sc2n1. The number of aryl methyl sites for hydroxylation is 1. The van der Waals surface area contributed by atoms with Gasteiger partial charge in [0, 0.05) is 24.8 Å². The molecule has 1 unspecified atom stereocenters. The largest absolute Gasteiger partial charge is 0.477 e. The van der Waals surface area contributed by atoms with Gasteiger partial charge in [0.05, 0.1) is 18.8 Å². The van der Waals surface area contributed by atoms with Crippen LogP contribution in [0.15, 0.2) is 35.1 Å². The third-order valence-electron chi connectivity index (χ3n) is 5.55. The molecule has 5 rings (SSSR count). The molecule has 0 radical (unpaired) electrons. The molecule has 9 heteroatoms. The van der Waals surface area contributed by atoms with Crippen LogP contribution >= 0.6 is 11.3 Å². The lowest BCUT2D eigenvalue weighted by molar-refractivity contribution is -0.139. The molecule has 1 aromatic carbocycles. The highest BCUT2D eigenvalue weighted by molar-refractivity contribution is 7.16. The lowest BCUT2D eigenvalue weighted by atomic mass is 10.1. The summed E-state index contributed by atoms with van der Waals surface area (Å²) in [6.07, 6.45) is 2.72. The van der Waals surface area contributed by atoms with Gasteiger partial charge >= 0.3 is 0 Å². The average Bonchev–Trinajstić information content (AvgIpc) is 3.16. The van der Waals surface area contributed by atoms with Gasteiger partial charge in [0.15, 0.2) is 6.10 Å². The molecule has 1 amide bonds. The molecule has 0 N–H and O–H groups in total. The summed E-state index contributed by atoms with van der Waals surface area (Å²) in [5, 5.41) is 5.23. The van der Waals surface area contributed by atoms with Gasteiger partial charge in [0.1, 0.15) is 10.8 Å². The van der Waals surface area contributed by atoms with Crippen molar-refractivity contribution in [2.45, 2.75) is 38.8 Å². The van der Waals surface area contributed by atoms with Crippen LogP contribution in [-0.4, -0.2) is 51.1 Å². The van der Waals surface area contributed by atoms with E-state index in [1.54, 1.807) is 6.92 Å². The molecule has 0 bridgehead atoms. The maximum atomic E-state index is 13.1.